The van der Waals surface area contributed by atoms with Crippen LogP contribution in [0.15, 0.2) is 0 Å². The molecule has 0 saturated carbocycles. The number of thiazole rings is 1. The van der Waals surface area contributed by atoms with Crippen molar-refractivity contribution in [1.82, 2.24) is 4.98 Å². The second-order valence-electron chi connectivity index (χ2n) is 4.69. The second-order valence-corrected chi connectivity index (χ2v) is 5.67. The molecule has 0 atom stereocenters. The number of carbonyl (C=O) groups excluding carboxylic acids is 1. The lowest BCUT2D eigenvalue weighted by atomic mass is 10.0. The van der Waals surface area contributed by atoms with Crippen LogP contribution in [0.4, 0.5) is 5.13 Å². The SMILES string of the molecule is CCC(C)(C)N(C)c1nc(C)c(C(C)=O)s1. The molecule has 0 aliphatic heterocycles. The number of aromatic nitrogens is 1. The molecule has 0 amide bonds. The number of anilines is 1. The second kappa shape index (κ2) is 4.53. The van der Waals surface area contributed by atoms with E-state index in [0.29, 0.717) is 0 Å². The summed E-state index contributed by atoms with van der Waals surface area (Å²) in [4.78, 5) is 18.8. The molecular formula is C12H20N2OS. The lowest BCUT2D eigenvalue weighted by molar-refractivity contribution is 0.102. The van der Waals surface area contributed by atoms with E-state index in [1.807, 2.05) is 14.0 Å². The van der Waals surface area contributed by atoms with Crippen LogP contribution in [0.25, 0.3) is 0 Å². The Morgan fingerprint density at radius 3 is 2.44 bits per heavy atom. The summed E-state index contributed by atoms with van der Waals surface area (Å²) in [6.07, 6.45) is 1.04. The molecule has 1 aromatic heterocycles. The molecule has 0 bridgehead atoms. The smallest absolute Gasteiger partial charge is 0.186 e. The number of rotatable bonds is 4. The highest BCUT2D eigenvalue weighted by atomic mass is 32.1. The first kappa shape index (κ1) is 13.2. The van der Waals surface area contributed by atoms with Crippen molar-refractivity contribution in [3.8, 4) is 0 Å². The van der Waals surface area contributed by atoms with Gasteiger partial charge < -0.3 is 4.90 Å². The van der Waals surface area contributed by atoms with Crippen LogP contribution >= 0.6 is 11.3 Å². The van der Waals surface area contributed by atoms with Gasteiger partial charge in [0.25, 0.3) is 0 Å². The standard InChI is InChI=1S/C12H20N2OS/c1-7-12(4,5)14(6)11-13-8(2)10(16-11)9(3)15/h7H2,1-6H3. The third-order valence-corrected chi connectivity index (χ3v) is 4.50. The number of hydrogen-bond acceptors (Lipinski definition) is 4. The van der Waals surface area contributed by atoms with E-state index in [1.165, 1.54) is 11.3 Å². The summed E-state index contributed by atoms with van der Waals surface area (Å²) in [7, 11) is 2.03. The van der Waals surface area contributed by atoms with Crippen LogP contribution in [-0.2, 0) is 0 Å². The monoisotopic (exact) mass is 240 g/mol. The predicted octanol–water partition coefficient (Wildman–Crippen LogP) is 3.28. The first-order chi connectivity index (χ1) is 7.29. The summed E-state index contributed by atoms with van der Waals surface area (Å²) in [5.41, 5.74) is 0.907. The Hall–Kier alpha value is -0.900. The summed E-state index contributed by atoms with van der Waals surface area (Å²) in [5.74, 6) is 0.101. The van der Waals surface area contributed by atoms with Gasteiger partial charge in [0.05, 0.1) is 10.6 Å². The molecule has 0 saturated heterocycles. The molecule has 1 aromatic rings. The Kier molecular flexibility index (Phi) is 3.73. The highest BCUT2D eigenvalue weighted by Crippen LogP contribution is 2.31. The summed E-state index contributed by atoms with van der Waals surface area (Å²) < 4.78 is 0. The molecule has 4 heteroatoms. The minimum Gasteiger partial charge on any atom is -0.346 e. The van der Waals surface area contributed by atoms with Crippen LogP contribution < -0.4 is 4.90 Å². The van der Waals surface area contributed by atoms with Gasteiger partial charge in [0.15, 0.2) is 10.9 Å². The van der Waals surface area contributed by atoms with Crippen LogP contribution in [0.5, 0.6) is 0 Å². The number of nitrogens with zero attached hydrogens (tertiary/aromatic N) is 2. The summed E-state index contributed by atoms with van der Waals surface area (Å²) in [6, 6.07) is 0. The molecule has 3 nitrogen and oxygen atoms in total. The van der Waals surface area contributed by atoms with Gasteiger partial charge in [-0.3, -0.25) is 4.79 Å². The van der Waals surface area contributed by atoms with Gasteiger partial charge in [0.1, 0.15) is 0 Å². The zero-order valence-corrected chi connectivity index (χ0v) is 11.7. The van der Waals surface area contributed by atoms with Crippen molar-refractivity contribution >= 4 is 22.3 Å². The van der Waals surface area contributed by atoms with E-state index in [0.717, 1.165) is 22.1 Å². The van der Waals surface area contributed by atoms with Crippen LogP contribution in [0, 0.1) is 6.92 Å². The molecule has 0 aliphatic carbocycles. The van der Waals surface area contributed by atoms with E-state index in [1.54, 1.807) is 6.92 Å². The molecule has 0 radical (unpaired) electrons. The zero-order chi connectivity index (χ0) is 12.5. The van der Waals surface area contributed by atoms with E-state index < -0.39 is 0 Å². The molecule has 0 aliphatic rings. The van der Waals surface area contributed by atoms with E-state index >= 15 is 0 Å². The van der Waals surface area contributed by atoms with Crippen LogP contribution in [0.1, 0.15) is 49.5 Å². The highest BCUT2D eigenvalue weighted by Gasteiger charge is 2.25. The van der Waals surface area contributed by atoms with Gasteiger partial charge in [0, 0.05) is 19.5 Å². The Balaban J connectivity index is 3.06. The molecule has 0 aromatic carbocycles. The summed E-state index contributed by atoms with van der Waals surface area (Å²) in [5, 5.41) is 0.926. The van der Waals surface area contributed by atoms with E-state index in [9.17, 15) is 4.79 Å². The quantitative estimate of drug-likeness (QED) is 0.757. The topological polar surface area (TPSA) is 33.2 Å². The Bertz CT molecular complexity index is 396. The first-order valence-corrected chi connectivity index (χ1v) is 6.33. The van der Waals surface area contributed by atoms with Gasteiger partial charge in [-0.1, -0.05) is 18.3 Å². The van der Waals surface area contributed by atoms with Crippen LogP contribution in [0.2, 0.25) is 0 Å². The number of hydrogen-bond donors (Lipinski definition) is 0. The van der Waals surface area contributed by atoms with Crippen molar-refractivity contribution in [2.75, 3.05) is 11.9 Å². The average Bonchev–Trinajstić information content (AvgIpc) is 2.59. The zero-order valence-electron chi connectivity index (χ0n) is 10.9. The van der Waals surface area contributed by atoms with Crippen molar-refractivity contribution in [1.29, 1.82) is 0 Å². The molecule has 0 N–H and O–H groups in total. The number of carbonyl (C=O) groups is 1. The lowest BCUT2D eigenvalue weighted by Crippen LogP contribution is -2.40. The van der Waals surface area contributed by atoms with Crippen molar-refractivity contribution < 1.29 is 4.79 Å². The third kappa shape index (κ3) is 2.43. The molecule has 0 spiro atoms. The van der Waals surface area contributed by atoms with Crippen molar-refractivity contribution in [2.24, 2.45) is 0 Å². The normalized spacial score (nSPS) is 11.6. The fraction of sp³-hybridized carbons (Fsp3) is 0.667. The first-order valence-electron chi connectivity index (χ1n) is 5.51. The van der Waals surface area contributed by atoms with Gasteiger partial charge in [-0.05, 0) is 27.2 Å². The number of Topliss-reactive ketones (excluding diaryl/α,β-unsaturated/α-hetero) is 1. The number of aryl methyl sites for hydroxylation is 1. The largest absolute Gasteiger partial charge is 0.346 e. The van der Waals surface area contributed by atoms with Crippen LogP contribution in [-0.4, -0.2) is 23.4 Å². The van der Waals surface area contributed by atoms with Gasteiger partial charge >= 0.3 is 0 Å². The molecule has 0 fully saturated rings. The minimum absolute atomic E-state index is 0.0678. The molecule has 90 valence electrons. The van der Waals surface area contributed by atoms with E-state index in [-0.39, 0.29) is 11.3 Å². The fourth-order valence-electron chi connectivity index (χ4n) is 1.35. The maximum atomic E-state index is 11.4. The summed E-state index contributed by atoms with van der Waals surface area (Å²) >= 11 is 1.48. The predicted molar refractivity (Wildman–Crippen MR) is 69.6 cm³/mol. The van der Waals surface area contributed by atoms with Crippen LogP contribution in [0.3, 0.4) is 0 Å². The maximum absolute atomic E-state index is 11.4. The van der Waals surface area contributed by atoms with Crippen molar-refractivity contribution in [3.63, 3.8) is 0 Å². The van der Waals surface area contributed by atoms with E-state index in [2.05, 4.69) is 30.7 Å². The minimum atomic E-state index is 0.0678. The molecule has 1 rings (SSSR count). The summed E-state index contributed by atoms with van der Waals surface area (Å²) in [6.45, 7) is 10.00. The Morgan fingerprint density at radius 2 is 2.06 bits per heavy atom. The fourth-order valence-corrected chi connectivity index (χ4v) is 2.43. The van der Waals surface area contributed by atoms with Gasteiger partial charge in [-0.2, -0.15) is 0 Å². The highest BCUT2D eigenvalue weighted by molar-refractivity contribution is 7.17. The lowest BCUT2D eigenvalue weighted by Gasteiger charge is -2.34. The van der Waals surface area contributed by atoms with Gasteiger partial charge in [-0.15, -0.1) is 0 Å². The van der Waals surface area contributed by atoms with E-state index in [4.69, 9.17) is 0 Å². The van der Waals surface area contributed by atoms with Crippen molar-refractivity contribution in [3.05, 3.63) is 10.6 Å². The average molecular weight is 240 g/mol. The third-order valence-electron chi connectivity index (χ3n) is 3.17. The maximum Gasteiger partial charge on any atom is 0.186 e. The number of ketones is 1. The Morgan fingerprint density at radius 1 is 1.50 bits per heavy atom. The molecule has 16 heavy (non-hydrogen) atoms. The molecule has 1 heterocycles. The van der Waals surface area contributed by atoms with Gasteiger partial charge in [-0.25, -0.2) is 4.98 Å². The molecular weight excluding hydrogens is 220 g/mol. The Labute approximate surface area is 101 Å². The molecule has 0 unspecified atom stereocenters. The van der Waals surface area contributed by atoms with Gasteiger partial charge in [0.2, 0.25) is 0 Å². The van der Waals surface area contributed by atoms with Crippen molar-refractivity contribution in [2.45, 2.75) is 46.6 Å².